The molecule has 19 heavy (non-hydrogen) atoms. The van der Waals surface area contributed by atoms with E-state index < -0.39 is 17.6 Å². The van der Waals surface area contributed by atoms with Crippen molar-refractivity contribution in [3.63, 3.8) is 0 Å². The Bertz CT molecular complexity index is 316. The fourth-order valence-electron chi connectivity index (χ4n) is 2.24. The van der Waals surface area contributed by atoms with Gasteiger partial charge in [0, 0.05) is 6.42 Å². The van der Waals surface area contributed by atoms with E-state index in [0.717, 1.165) is 12.8 Å². The van der Waals surface area contributed by atoms with E-state index in [4.69, 9.17) is 9.84 Å². The fraction of sp³-hybridized carbons (Fsp3) is 0.857. The summed E-state index contributed by atoms with van der Waals surface area (Å²) in [4.78, 5) is 22.9. The van der Waals surface area contributed by atoms with Gasteiger partial charge in [-0.1, -0.05) is 12.8 Å². The highest BCUT2D eigenvalue weighted by Crippen LogP contribution is 2.27. The topological polar surface area (TPSA) is 75.6 Å². The van der Waals surface area contributed by atoms with Gasteiger partial charge in [0.2, 0.25) is 5.91 Å². The number of carbonyl (C=O) groups is 2. The molecule has 5 heteroatoms. The summed E-state index contributed by atoms with van der Waals surface area (Å²) in [7, 11) is 0. The van der Waals surface area contributed by atoms with Crippen molar-refractivity contribution in [2.45, 2.75) is 64.5 Å². The lowest BCUT2D eigenvalue weighted by Gasteiger charge is -2.23. The molecule has 0 bridgehead atoms. The molecule has 1 aliphatic carbocycles. The Kier molecular flexibility index (Phi) is 5.79. The summed E-state index contributed by atoms with van der Waals surface area (Å²) in [6.07, 6.45) is 4.92. The molecule has 0 unspecified atom stereocenters. The van der Waals surface area contributed by atoms with Crippen LogP contribution in [0.4, 0.5) is 0 Å². The van der Waals surface area contributed by atoms with Crippen LogP contribution in [-0.2, 0) is 14.3 Å². The fourth-order valence-corrected chi connectivity index (χ4v) is 2.24. The van der Waals surface area contributed by atoms with Gasteiger partial charge in [-0.25, -0.2) is 4.79 Å². The quantitative estimate of drug-likeness (QED) is 0.774. The summed E-state index contributed by atoms with van der Waals surface area (Å²) < 4.78 is 5.43. The number of amides is 1. The van der Waals surface area contributed by atoms with E-state index in [0.29, 0.717) is 12.3 Å². The van der Waals surface area contributed by atoms with E-state index in [1.54, 1.807) is 0 Å². The van der Waals surface area contributed by atoms with Crippen molar-refractivity contribution < 1.29 is 19.4 Å². The van der Waals surface area contributed by atoms with Gasteiger partial charge in [-0.15, -0.1) is 0 Å². The molecule has 5 nitrogen and oxygen atoms in total. The van der Waals surface area contributed by atoms with Crippen LogP contribution in [0.25, 0.3) is 0 Å². The minimum atomic E-state index is -1.05. The maximum absolute atomic E-state index is 11.8. The van der Waals surface area contributed by atoms with Gasteiger partial charge in [-0.3, -0.25) is 4.79 Å². The third kappa shape index (κ3) is 6.57. The molecular formula is C14H25NO4. The van der Waals surface area contributed by atoms with E-state index in [2.05, 4.69) is 5.32 Å². The summed E-state index contributed by atoms with van der Waals surface area (Å²) in [5, 5.41) is 11.6. The minimum Gasteiger partial charge on any atom is -0.480 e. The monoisotopic (exact) mass is 271 g/mol. The van der Waals surface area contributed by atoms with Gasteiger partial charge in [-0.05, 0) is 39.5 Å². The number of rotatable bonds is 6. The molecule has 1 amide bonds. The van der Waals surface area contributed by atoms with Crippen LogP contribution in [0.3, 0.4) is 0 Å². The molecule has 2 N–H and O–H groups in total. The van der Waals surface area contributed by atoms with E-state index in [1.165, 1.54) is 12.8 Å². The van der Waals surface area contributed by atoms with Crippen molar-refractivity contribution in [3.05, 3.63) is 0 Å². The molecular weight excluding hydrogens is 246 g/mol. The molecule has 1 aliphatic rings. The Morgan fingerprint density at radius 2 is 1.89 bits per heavy atom. The van der Waals surface area contributed by atoms with Gasteiger partial charge < -0.3 is 15.2 Å². The minimum absolute atomic E-state index is 0.00472. The Labute approximate surface area is 114 Å². The SMILES string of the molecule is CC(C)(C)OC[C@H](NC(=O)CC1CCCC1)C(=O)O. The molecule has 1 saturated carbocycles. The average molecular weight is 271 g/mol. The molecule has 0 aromatic carbocycles. The normalized spacial score (nSPS) is 18.3. The Balaban J connectivity index is 2.39. The van der Waals surface area contributed by atoms with Crippen molar-refractivity contribution in [1.82, 2.24) is 5.32 Å². The predicted octanol–water partition coefficient (Wildman–Crippen LogP) is 1.95. The standard InChI is InChI=1S/C14H25NO4/c1-14(2,3)19-9-11(13(17)18)15-12(16)8-10-6-4-5-7-10/h10-11H,4-9H2,1-3H3,(H,15,16)(H,17,18)/t11-/m0/s1. The molecule has 0 aromatic rings. The molecule has 1 rings (SSSR count). The van der Waals surface area contributed by atoms with Crippen LogP contribution >= 0.6 is 0 Å². The van der Waals surface area contributed by atoms with Crippen molar-refractivity contribution in [2.24, 2.45) is 5.92 Å². The van der Waals surface area contributed by atoms with E-state index in [1.807, 2.05) is 20.8 Å². The van der Waals surface area contributed by atoms with Gasteiger partial charge in [0.1, 0.15) is 0 Å². The van der Waals surface area contributed by atoms with E-state index in [-0.39, 0.29) is 12.5 Å². The number of aliphatic carboxylic acids is 1. The second-order valence-electron chi connectivity index (χ2n) is 6.24. The van der Waals surface area contributed by atoms with Crippen molar-refractivity contribution in [2.75, 3.05) is 6.61 Å². The summed E-state index contributed by atoms with van der Waals surface area (Å²) in [6, 6.07) is -0.965. The van der Waals surface area contributed by atoms with Crippen LogP contribution in [0.2, 0.25) is 0 Å². The van der Waals surface area contributed by atoms with Gasteiger partial charge in [-0.2, -0.15) is 0 Å². The van der Waals surface area contributed by atoms with Crippen LogP contribution in [0, 0.1) is 5.92 Å². The number of nitrogens with one attached hydrogen (secondary N) is 1. The third-order valence-corrected chi connectivity index (χ3v) is 3.27. The largest absolute Gasteiger partial charge is 0.480 e. The van der Waals surface area contributed by atoms with Crippen LogP contribution in [-0.4, -0.2) is 35.2 Å². The first-order valence-electron chi connectivity index (χ1n) is 6.94. The molecule has 1 atom stereocenters. The summed E-state index contributed by atoms with van der Waals surface area (Å²) in [5.41, 5.74) is -0.413. The zero-order chi connectivity index (χ0) is 14.5. The van der Waals surface area contributed by atoms with Gasteiger partial charge >= 0.3 is 5.97 Å². The van der Waals surface area contributed by atoms with Gasteiger partial charge in [0.25, 0.3) is 0 Å². The highest BCUT2D eigenvalue weighted by Gasteiger charge is 2.25. The number of hydrogen-bond acceptors (Lipinski definition) is 3. The van der Waals surface area contributed by atoms with Crippen LogP contribution in [0.15, 0.2) is 0 Å². The average Bonchev–Trinajstić information content (AvgIpc) is 2.75. The molecule has 0 saturated heterocycles. The molecule has 0 radical (unpaired) electrons. The predicted molar refractivity (Wildman–Crippen MR) is 71.8 cm³/mol. The Hall–Kier alpha value is -1.10. The van der Waals surface area contributed by atoms with Crippen molar-refractivity contribution in [1.29, 1.82) is 0 Å². The van der Waals surface area contributed by atoms with Crippen LogP contribution < -0.4 is 5.32 Å². The lowest BCUT2D eigenvalue weighted by Crippen LogP contribution is -2.45. The lowest BCUT2D eigenvalue weighted by atomic mass is 10.0. The Morgan fingerprint density at radius 3 is 2.37 bits per heavy atom. The second kappa shape index (κ2) is 6.89. The molecule has 0 heterocycles. The van der Waals surface area contributed by atoms with Crippen LogP contribution in [0.1, 0.15) is 52.9 Å². The molecule has 0 spiro atoms. The molecule has 0 aliphatic heterocycles. The first kappa shape index (κ1) is 16.0. The molecule has 1 fully saturated rings. The van der Waals surface area contributed by atoms with Gasteiger partial charge in [0.15, 0.2) is 6.04 Å². The third-order valence-electron chi connectivity index (χ3n) is 3.27. The number of carbonyl (C=O) groups excluding carboxylic acids is 1. The maximum atomic E-state index is 11.8. The number of hydrogen-bond donors (Lipinski definition) is 2. The first-order chi connectivity index (χ1) is 8.78. The van der Waals surface area contributed by atoms with Crippen LogP contribution in [0.5, 0.6) is 0 Å². The summed E-state index contributed by atoms with van der Waals surface area (Å²) >= 11 is 0. The summed E-state index contributed by atoms with van der Waals surface area (Å²) in [5.74, 6) is -0.821. The zero-order valence-corrected chi connectivity index (χ0v) is 12.1. The number of ether oxygens (including phenoxy) is 1. The van der Waals surface area contributed by atoms with Crippen molar-refractivity contribution >= 4 is 11.9 Å². The smallest absolute Gasteiger partial charge is 0.328 e. The zero-order valence-electron chi connectivity index (χ0n) is 12.1. The number of carboxylic acid groups (broad SMARTS) is 1. The maximum Gasteiger partial charge on any atom is 0.328 e. The highest BCUT2D eigenvalue weighted by molar-refractivity contribution is 5.83. The van der Waals surface area contributed by atoms with E-state index in [9.17, 15) is 9.59 Å². The van der Waals surface area contributed by atoms with Gasteiger partial charge in [0.05, 0.1) is 12.2 Å². The van der Waals surface area contributed by atoms with Crippen molar-refractivity contribution in [3.8, 4) is 0 Å². The number of carboxylic acids is 1. The molecule has 0 aromatic heterocycles. The summed E-state index contributed by atoms with van der Waals surface area (Å²) in [6.45, 7) is 5.56. The first-order valence-corrected chi connectivity index (χ1v) is 6.94. The lowest BCUT2D eigenvalue weighted by molar-refractivity contribution is -0.145. The second-order valence-corrected chi connectivity index (χ2v) is 6.24. The highest BCUT2D eigenvalue weighted by atomic mass is 16.5. The Morgan fingerprint density at radius 1 is 1.32 bits per heavy atom. The molecule has 110 valence electrons. The van der Waals surface area contributed by atoms with E-state index >= 15 is 0 Å².